The van der Waals surface area contributed by atoms with Gasteiger partial charge in [-0.05, 0) is 24.3 Å². The van der Waals surface area contributed by atoms with Gasteiger partial charge >= 0.3 is 0 Å². The molecule has 1 aromatic carbocycles. The monoisotopic (exact) mass is 398 g/mol. The Morgan fingerprint density at radius 1 is 1.14 bits per heavy atom. The molecule has 156 valence electrons. The first kappa shape index (κ1) is 20.0. The van der Waals surface area contributed by atoms with Crippen LogP contribution < -0.4 is 0 Å². The number of aromatic nitrogens is 2. The maximum atomic E-state index is 13.3. The molecule has 7 nitrogen and oxygen atoms in total. The van der Waals surface area contributed by atoms with Gasteiger partial charge in [-0.25, -0.2) is 0 Å². The summed E-state index contributed by atoms with van der Waals surface area (Å²) in [5.41, 5.74) is 1.31. The van der Waals surface area contributed by atoms with E-state index in [0.717, 1.165) is 45.4 Å². The van der Waals surface area contributed by atoms with Crippen molar-refractivity contribution in [1.82, 2.24) is 19.9 Å². The number of carbonyl (C=O) groups excluding carboxylic acids is 1. The number of amides is 1. The van der Waals surface area contributed by atoms with Gasteiger partial charge in [0.25, 0.3) is 0 Å². The molecule has 0 bridgehead atoms. The number of hydrogen-bond donors (Lipinski definition) is 0. The molecule has 7 heteroatoms. The lowest BCUT2D eigenvalue weighted by Crippen LogP contribution is -2.51. The van der Waals surface area contributed by atoms with Crippen LogP contribution in [0.1, 0.15) is 48.9 Å². The number of piperazine rings is 1. The normalized spacial score (nSPS) is 23.3. The smallest absolute Gasteiger partial charge is 0.240 e. The molecular weight excluding hydrogens is 368 g/mol. The topological polar surface area (TPSA) is 71.7 Å². The molecule has 1 aliphatic heterocycles. The average molecular weight is 399 g/mol. The van der Waals surface area contributed by atoms with E-state index in [1.54, 1.807) is 7.11 Å². The van der Waals surface area contributed by atoms with Crippen LogP contribution in [0.3, 0.4) is 0 Å². The highest BCUT2D eigenvalue weighted by Gasteiger charge is 2.35. The summed E-state index contributed by atoms with van der Waals surface area (Å²) in [6.45, 7) is 4.16. The van der Waals surface area contributed by atoms with Gasteiger partial charge in [-0.15, -0.1) is 0 Å². The molecule has 2 fully saturated rings. The first-order chi connectivity index (χ1) is 14.2. The molecule has 2 atom stereocenters. The van der Waals surface area contributed by atoms with Gasteiger partial charge in [0, 0.05) is 39.2 Å². The maximum Gasteiger partial charge on any atom is 0.240 e. The molecule has 1 aliphatic carbocycles. The Hall–Kier alpha value is -2.25. The van der Waals surface area contributed by atoms with Gasteiger partial charge in [0.1, 0.15) is 6.61 Å². The van der Waals surface area contributed by atoms with E-state index in [1.165, 1.54) is 12.0 Å². The van der Waals surface area contributed by atoms with E-state index in [-0.39, 0.29) is 5.92 Å². The molecule has 1 aromatic heterocycles. The second-order valence-electron chi connectivity index (χ2n) is 8.05. The highest BCUT2D eigenvalue weighted by atomic mass is 16.5. The lowest BCUT2D eigenvalue weighted by atomic mass is 9.74. The van der Waals surface area contributed by atoms with Gasteiger partial charge in [0.2, 0.25) is 11.8 Å². The van der Waals surface area contributed by atoms with Gasteiger partial charge in [-0.1, -0.05) is 48.3 Å². The van der Waals surface area contributed by atoms with Crippen molar-refractivity contribution in [3.05, 3.63) is 47.6 Å². The zero-order valence-corrected chi connectivity index (χ0v) is 17.1. The Balaban J connectivity index is 1.33. The minimum atomic E-state index is 0.116. The molecule has 0 unspecified atom stereocenters. The minimum Gasteiger partial charge on any atom is -0.377 e. The summed E-state index contributed by atoms with van der Waals surface area (Å²) in [6, 6.07) is 10.6. The van der Waals surface area contributed by atoms with Crippen LogP contribution in [-0.2, 0) is 22.7 Å². The minimum absolute atomic E-state index is 0.116. The highest BCUT2D eigenvalue weighted by molar-refractivity contribution is 5.80. The summed E-state index contributed by atoms with van der Waals surface area (Å²) < 4.78 is 10.3. The van der Waals surface area contributed by atoms with Gasteiger partial charge in [0.15, 0.2) is 5.82 Å². The van der Waals surface area contributed by atoms with Crippen LogP contribution in [0.15, 0.2) is 34.9 Å². The lowest BCUT2D eigenvalue weighted by molar-refractivity contribution is -0.139. The van der Waals surface area contributed by atoms with Crippen LogP contribution in [0.25, 0.3) is 0 Å². The molecule has 2 aliphatic rings. The van der Waals surface area contributed by atoms with Crippen molar-refractivity contribution in [3.63, 3.8) is 0 Å². The Morgan fingerprint density at radius 3 is 2.66 bits per heavy atom. The van der Waals surface area contributed by atoms with Crippen LogP contribution in [0, 0.1) is 5.92 Å². The van der Waals surface area contributed by atoms with Crippen LogP contribution in [-0.4, -0.2) is 59.1 Å². The van der Waals surface area contributed by atoms with Crippen molar-refractivity contribution >= 4 is 5.91 Å². The summed E-state index contributed by atoms with van der Waals surface area (Å²) in [5, 5.41) is 3.91. The van der Waals surface area contributed by atoms with Crippen molar-refractivity contribution in [2.75, 3.05) is 33.3 Å². The predicted octanol–water partition coefficient (Wildman–Crippen LogP) is 2.83. The van der Waals surface area contributed by atoms with Gasteiger partial charge in [-0.3, -0.25) is 9.69 Å². The van der Waals surface area contributed by atoms with Crippen LogP contribution in [0.2, 0.25) is 0 Å². The number of ether oxygens (including phenoxy) is 1. The van der Waals surface area contributed by atoms with E-state index < -0.39 is 0 Å². The van der Waals surface area contributed by atoms with Crippen LogP contribution in [0.4, 0.5) is 0 Å². The first-order valence-corrected chi connectivity index (χ1v) is 10.6. The first-order valence-electron chi connectivity index (χ1n) is 10.6. The van der Waals surface area contributed by atoms with E-state index in [0.29, 0.717) is 36.7 Å². The van der Waals surface area contributed by atoms with Crippen molar-refractivity contribution in [1.29, 1.82) is 0 Å². The number of rotatable bonds is 6. The number of hydrogen-bond acceptors (Lipinski definition) is 6. The largest absolute Gasteiger partial charge is 0.377 e. The van der Waals surface area contributed by atoms with Crippen LogP contribution >= 0.6 is 0 Å². The Labute approximate surface area is 172 Å². The second kappa shape index (κ2) is 9.50. The van der Waals surface area contributed by atoms with E-state index in [1.807, 2.05) is 6.07 Å². The molecule has 0 spiro atoms. The van der Waals surface area contributed by atoms with Gasteiger partial charge in [0.05, 0.1) is 6.54 Å². The summed E-state index contributed by atoms with van der Waals surface area (Å²) in [6.07, 6.45) is 4.48. The van der Waals surface area contributed by atoms with Crippen molar-refractivity contribution in [2.24, 2.45) is 5.92 Å². The average Bonchev–Trinajstić information content (AvgIpc) is 3.21. The molecule has 1 amide bonds. The molecule has 2 heterocycles. The lowest BCUT2D eigenvalue weighted by Gasteiger charge is -2.39. The predicted molar refractivity (Wildman–Crippen MR) is 108 cm³/mol. The fourth-order valence-corrected chi connectivity index (χ4v) is 4.62. The van der Waals surface area contributed by atoms with Crippen molar-refractivity contribution in [2.45, 2.75) is 44.8 Å². The summed E-state index contributed by atoms with van der Waals surface area (Å²) in [4.78, 5) is 22.0. The van der Waals surface area contributed by atoms with E-state index in [4.69, 9.17) is 9.26 Å². The quantitative estimate of drug-likeness (QED) is 0.745. The molecule has 0 radical (unpaired) electrons. The zero-order valence-electron chi connectivity index (χ0n) is 17.1. The molecule has 29 heavy (non-hydrogen) atoms. The van der Waals surface area contributed by atoms with Crippen LogP contribution in [0.5, 0.6) is 0 Å². The molecule has 1 saturated heterocycles. The Bertz CT molecular complexity index is 786. The maximum absolute atomic E-state index is 13.3. The van der Waals surface area contributed by atoms with E-state index in [2.05, 4.69) is 44.2 Å². The Kier molecular flexibility index (Phi) is 6.56. The van der Waals surface area contributed by atoms with Crippen molar-refractivity contribution in [3.8, 4) is 0 Å². The number of carbonyl (C=O) groups is 1. The SMILES string of the molecule is COCc1noc(CN2CCN(C(=O)[C@@H]3CCCC[C@@H]3c3ccccc3)CC2)n1. The fraction of sp³-hybridized carbons (Fsp3) is 0.591. The molecule has 4 rings (SSSR count). The molecule has 2 aromatic rings. The second-order valence-corrected chi connectivity index (χ2v) is 8.05. The number of benzene rings is 1. The standard InChI is InChI=1S/C22H30N4O3/c1-28-16-20-23-21(29-24-20)15-25-11-13-26(14-12-25)22(27)19-10-6-5-9-18(19)17-7-3-2-4-8-17/h2-4,7-8,18-19H,5-6,9-16H2,1H3/t18-,19-/m1/s1. The third-order valence-corrected chi connectivity index (χ3v) is 6.14. The number of methoxy groups -OCH3 is 1. The molecular formula is C22H30N4O3. The zero-order chi connectivity index (χ0) is 20.1. The highest BCUT2D eigenvalue weighted by Crippen LogP contribution is 2.38. The summed E-state index contributed by atoms with van der Waals surface area (Å²) in [7, 11) is 1.61. The fourth-order valence-electron chi connectivity index (χ4n) is 4.62. The number of nitrogens with zero attached hydrogens (tertiary/aromatic N) is 4. The van der Waals surface area contributed by atoms with E-state index >= 15 is 0 Å². The molecule has 1 saturated carbocycles. The van der Waals surface area contributed by atoms with Gasteiger partial charge < -0.3 is 14.2 Å². The third-order valence-electron chi connectivity index (χ3n) is 6.14. The van der Waals surface area contributed by atoms with Crippen molar-refractivity contribution < 1.29 is 14.1 Å². The molecule has 0 N–H and O–H groups in total. The van der Waals surface area contributed by atoms with E-state index in [9.17, 15) is 4.79 Å². The Morgan fingerprint density at radius 2 is 1.90 bits per heavy atom. The van der Waals surface area contributed by atoms with Gasteiger partial charge in [-0.2, -0.15) is 4.98 Å². The summed E-state index contributed by atoms with van der Waals surface area (Å²) in [5.74, 6) is 1.98. The summed E-state index contributed by atoms with van der Waals surface area (Å²) >= 11 is 0. The third kappa shape index (κ3) is 4.85.